The van der Waals surface area contributed by atoms with E-state index in [1.165, 1.54) is 4.90 Å². The topological polar surface area (TPSA) is 50.3 Å². The lowest BCUT2D eigenvalue weighted by Crippen LogP contribution is -2.30. The molecule has 0 spiro atoms. The minimum atomic E-state index is -0.262. The first-order valence-electron chi connectivity index (χ1n) is 9.63. The summed E-state index contributed by atoms with van der Waals surface area (Å²) in [6, 6.07) is 26.7. The molecule has 0 fully saturated rings. The fourth-order valence-electron chi connectivity index (χ4n) is 3.86. The number of aromatic nitrogens is 1. The molecule has 2 heterocycles. The Morgan fingerprint density at radius 2 is 1.31 bits per heavy atom. The second-order valence-corrected chi connectivity index (χ2v) is 7.12. The average molecular weight is 378 g/mol. The van der Waals surface area contributed by atoms with Gasteiger partial charge in [0.25, 0.3) is 11.8 Å². The smallest absolute Gasteiger partial charge is 0.266 e. The van der Waals surface area contributed by atoms with Crippen LogP contribution >= 0.6 is 0 Å². The number of pyridine rings is 1. The number of carbonyl (C=O) groups is 2. The molecule has 4 heteroatoms. The van der Waals surface area contributed by atoms with E-state index in [-0.39, 0.29) is 11.8 Å². The van der Waals surface area contributed by atoms with Crippen molar-refractivity contribution in [3.05, 3.63) is 107 Å². The van der Waals surface area contributed by atoms with Crippen molar-refractivity contribution in [2.75, 3.05) is 4.90 Å². The number of nitrogens with zero attached hydrogens (tertiary/aromatic N) is 2. The van der Waals surface area contributed by atoms with Crippen molar-refractivity contribution in [1.29, 1.82) is 0 Å². The predicted octanol–water partition coefficient (Wildman–Crippen LogP) is 4.82. The van der Waals surface area contributed by atoms with Crippen molar-refractivity contribution in [2.45, 2.75) is 12.8 Å². The summed E-state index contributed by atoms with van der Waals surface area (Å²) in [7, 11) is 0. The normalized spacial score (nSPS) is 13.2. The quantitative estimate of drug-likeness (QED) is 0.478. The second-order valence-electron chi connectivity index (χ2n) is 7.12. The Morgan fingerprint density at radius 1 is 0.655 bits per heavy atom. The Hall–Kier alpha value is -3.79. The molecule has 5 rings (SSSR count). The zero-order valence-electron chi connectivity index (χ0n) is 15.7. The zero-order chi connectivity index (χ0) is 19.8. The van der Waals surface area contributed by atoms with Gasteiger partial charge in [-0.2, -0.15) is 0 Å². The molecule has 0 saturated heterocycles. The van der Waals surface area contributed by atoms with Gasteiger partial charge in [0, 0.05) is 11.1 Å². The van der Waals surface area contributed by atoms with Crippen molar-refractivity contribution in [3.8, 4) is 0 Å². The molecule has 4 aromatic rings. The summed E-state index contributed by atoms with van der Waals surface area (Å²) in [5.41, 5.74) is 4.49. The predicted molar refractivity (Wildman–Crippen MR) is 113 cm³/mol. The lowest BCUT2D eigenvalue weighted by molar-refractivity contribution is 0.0926. The van der Waals surface area contributed by atoms with Crippen molar-refractivity contribution < 1.29 is 9.59 Å². The van der Waals surface area contributed by atoms with Crippen molar-refractivity contribution in [2.24, 2.45) is 0 Å². The first-order valence-corrected chi connectivity index (χ1v) is 9.63. The fraction of sp³-hybridized carbons (Fsp3) is 0.0800. The number of para-hydroxylation sites is 2. The summed E-state index contributed by atoms with van der Waals surface area (Å²) < 4.78 is 0. The van der Waals surface area contributed by atoms with E-state index in [2.05, 4.69) is 6.07 Å². The van der Waals surface area contributed by atoms with Gasteiger partial charge in [-0.15, -0.1) is 0 Å². The SMILES string of the molecule is O=C1c2ccccc2C(=O)N1c1ccccc1CCc1ccc2ccccc2n1. The number of imide groups is 1. The van der Waals surface area contributed by atoms with E-state index in [0.717, 1.165) is 28.6 Å². The molecule has 140 valence electrons. The number of benzene rings is 3. The number of fused-ring (bicyclic) bond motifs is 2. The molecule has 0 N–H and O–H groups in total. The van der Waals surface area contributed by atoms with Gasteiger partial charge in [0.05, 0.1) is 22.3 Å². The largest absolute Gasteiger partial charge is 0.268 e. The maximum atomic E-state index is 12.9. The third-order valence-electron chi connectivity index (χ3n) is 5.33. The van der Waals surface area contributed by atoms with E-state index in [0.29, 0.717) is 23.2 Å². The number of amides is 2. The van der Waals surface area contributed by atoms with Gasteiger partial charge in [0.15, 0.2) is 0 Å². The fourth-order valence-corrected chi connectivity index (χ4v) is 3.86. The summed E-state index contributed by atoms with van der Waals surface area (Å²) in [6.45, 7) is 0. The summed E-state index contributed by atoms with van der Waals surface area (Å²) >= 11 is 0. The highest BCUT2D eigenvalue weighted by molar-refractivity contribution is 6.34. The Bertz CT molecular complexity index is 1230. The number of carbonyl (C=O) groups excluding carboxylic acids is 2. The number of anilines is 1. The van der Waals surface area contributed by atoms with Crippen LogP contribution in [0.25, 0.3) is 10.9 Å². The Labute approximate surface area is 168 Å². The Kier molecular flexibility index (Phi) is 4.17. The Balaban J connectivity index is 1.44. The minimum absolute atomic E-state index is 0.262. The summed E-state index contributed by atoms with van der Waals surface area (Å²) in [6.07, 6.45) is 1.42. The second kappa shape index (κ2) is 6.99. The monoisotopic (exact) mass is 378 g/mol. The highest BCUT2D eigenvalue weighted by atomic mass is 16.2. The molecule has 0 atom stereocenters. The Morgan fingerprint density at radius 3 is 2.10 bits per heavy atom. The van der Waals surface area contributed by atoms with Gasteiger partial charge in [-0.1, -0.05) is 54.6 Å². The molecule has 1 aliphatic rings. The van der Waals surface area contributed by atoms with Crippen LogP contribution in [0.15, 0.2) is 84.9 Å². The molecule has 0 aliphatic carbocycles. The van der Waals surface area contributed by atoms with Gasteiger partial charge in [-0.3, -0.25) is 14.6 Å². The van der Waals surface area contributed by atoms with Crippen LogP contribution < -0.4 is 4.90 Å². The molecular weight excluding hydrogens is 360 g/mol. The van der Waals surface area contributed by atoms with Gasteiger partial charge >= 0.3 is 0 Å². The number of hydrogen-bond donors (Lipinski definition) is 0. The molecular formula is C25H18N2O2. The third kappa shape index (κ3) is 2.99. The first-order chi connectivity index (χ1) is 14.2. The summed E-state index contributed by atoms with van der Waals surface area (Å²) in [5.74, 6) is -0.524. The zero-order valence-corrected chi connectivity index (χ0v) is 15.7. The number of rotatable bonds is 4. The molecule has 1 aliphatic heterocycles. The summed E-state index contributed by atoms with van der Waals surface area (Å²) in [5, 5.41) is 1.11. The highest BCUT2D eigenvalue weighted by Crippen LogP contribution is 2.31. The van der Waals surface area contributed by atoms with Crippen molar-refractivity contribution in [1.82, 2.24) is 4.98 Å². The molecule has 29 heavy (non-hydrogen) atoms. The van der Waals surface area contributed by atoms with E-state index < -0.39 is 0 Å². The third-order valence-corrected chi connectivity index (χ3v) is 5.33. The van der Waals surface area contributed by atoms with E-state index >= 15 is 0 Å². The van der Waals surface area contributed by atoms with Gasteiger partial charge < -0.3 is 0 Å². The standard InChI is InChI=1S/C25H18N2O2/c28-24-20-9-3-4-10-21(20)25(29)27(24)23-12-6-2-8-18(23)14-16-19-15-13-17-7-1-5-11-22(17)26-19/h1-13,15H,14,16H2. The van der Waals surface area contributed by atoms with Crippen LogP contribution in [0, 0.1) is 0 Å². The minimum Gasteiger partial charge on any atom is -0.268 e. The van der Waals surface area contributed by atoms with Crippen LogP contribution in [-0.4, -0.2) is 16.8 Å². The lowest BCUT2D eigenvalue weighted by atomic mass is 10.0. The molecule has 4 nitrogen and oxygen atoms in total. The maximum Gasteiger partial charge on any atom is 0.266 e. The molecule has 0 bridgehead atoms. The maximum absolute atomic E-state index is 12.9. The van der Waals surface area contributed by atoms with Crippen molar-refractivity contribution in [3.63, 3.8) is 0 Å². The van der Waals surface area contributed by atoms with Crippen LogP contribution in [0.5, 0.6) is 0 Å². The van der Waals surface area contributed by atoms with Crippen LogP contribution in [0.2, 0.25) is 0 Å². The average Bonchev–Trinajstić information content (AvgIpc) is 3.03. The molecule has 0 radical (unpaired) electrons. The van der Waals surface area contributed by atoms with E-state index in [4.69, 9.17) is 4.98 Å². The van der Waals surface area contributed by atoms with Crippen LogP contribution in [0.3, 0.4) is 0 Å². The first kappa shape index (κ1) is 17.3. The molecule has 1 aromatic heterocycles. The van der Waals surface area contributed by atoms with Gasteiger partial charge in [-0.25, -0.2) is 4.90 Å². The van der Waals surface area contributed by atoms with Crippen LogP contribution in [0.1, 0.15) is 32.0 Å². The highest BCUT2D eigenvalue weighted by Gasteiger charge is 2.37. The lowest BCUT2D eigenvalue weighted by Gasteiger charge is -2.18. The van der Waals surface area contributed by atoms with E-state index in [1.807, 2.05) is 54.6 Å². The van der Waals surface area contributed by atoms with Gasteiger partial charge in [0.1, 0.15) is 0 Å². The molecule has 0 unspecified atom stereocenters. The van der Waals surface area contributed by atoms with Crippen molar-refractivity contribution >= 4 is 28.4 Å². The molecule has 3 aromatic carbocycles. The molecule has 0 saturated carbocycles. The summed E-state index contributed by atoms with van der Waals surface area (Å²) in [4.78, 5) is 31.8. The number of aryl methyl sites for hydroxylation is 2. The molecule has 2 amide bonds. The number of hydrogen-bond acceptors (Lipinski definition) is 3. The van der Waals surface area contributed by atoms with Gasteiger partial charge in [-0.05, 0) is 48.7 Å². The van der Waals surface area contributed by atoms with Crippen LogP contribution in [-0.2, 0) is 12.8 Å². The van der Waals surface area contributed by atoms with E-state index in [1.54, 1.807) is 24.3 Å². The van der Waals surface area contributed by atoms with Gasteiger partial charge in [0.2, 0.25) is 0 Å². The van der Waals surface area contributed by atoms with E-state index in [9.17, 15) is 9.59 Å². The van der Waals surface area contributed by atoms with Crippen LogP contribution in [0.4, 0.5) is 5.69 Å².